The highest BCUT2D eigenvalue weighted by Gasteiger charge is 2.30. The molecule has 2 aromatic heterocycles. The summed E-state index contributed by atoms with van der Waals surface area (Å²) in [6.07, 6.45) is 5.62. The van der Waals surface area contributed by atoms with E-state index in [0.717, 1.165) is 42.0 Å². The Hall–Kier alpha value is -3.10. The van der Waals surface area contributed by atoms with E-state index in [2.05, 4.69) is 45.2 Å². The van der Waals surface area contributed by atoms with Gasteiger partial charge in [0.1, 0.15) is 6.61 Å². The molecule has 8 heteroatoms. The molecular weight excluding hydrogens is 392 g/mol. The largest absolute Gasteiger partial charge is 0.457 e. The van der Waals surface area contributed by atoms with Gasteiger partial charge >= 0.3 is 5.97 Å². The number of cyclic esters (lactones) is 1. The lowest BCUT2D eigenvalue weighted by molar-refractivity contribution is 0.0535. The van der Waals surface area contributed by atoms with Crippen LogP contribution in [0.25, 0.3) is 5.95 Å². The maximum Gasteiger partial charge on any atom is 0.338 e. The second-order valence-electron chi connectivity index (χ2n) is 8.49. The summed E-state index contributed by atoms with van der Waals surface area (Å²) in [6.45, 7) is 9.21. The Morgan fingerprint density at radius 3 is 2.71 bits per heavy atom. The number of carbonyl (C=O) groups is 1. The average Bonchev–Trinajstić information content (AvgIpc) is 3.35. The smallest absolute Gasteiger partial charge is 0.338 e. The van der Waals surface area contributed by atoms with Crippen LogP contribution in [0, 0.1) is 13.8 Å². The predicted octanol–water partition coefficient (Wildman–Crippen LogP) is 2.48. The molecule has 0 spiro atoms. The molecule has 2 atom stereocenters. The zero-order valence-corrected chi connectivity index (χ0v) is 18.0. The quantitative estimate of drug-likeness (QED) is 0.652. The van der Waals surface area contributed by atoms with Gasteiger partial charge in [-0.3, -0.25) is 4.90 Å². The van der Waals surface area contributed by atoms with E-state index in [4.69, 9.17) is 4.74 Å². The van der Waals surface area contributed by atoms with Crippen LogP contribution in [0.5, 0.6) is 0 Å². The van der Waals surface area contributed by atoms with Gasteiger partial charge in [0, 0.05) is 61.4 Å². The molecule has 2 aliphatic rings. The fraction of sp³-hybridized carbons (Fsp3) is 0.391. The molecule has 0 aliphatic carbocycles. The molecule has 0 radical (unpaired) electrons. The normalized spacial score (nSPS) is 21.2. The van der Waals surface area contributed by atoms with Crippen molar-refractivity contribution in [2.45, 2.75) is 46.0 Å². The molecule has 31 heavy (non-hydrogen) atoms. The molecule has 8 nitrogen and oxygen atoms in total. The third-order valence-electron chi connectivity index (χ3n) is 6.07. The molecule has 5 rings (SSSR count). The number of carbonyl (C=O) groups excluding carboxylic acids is 1. The Kier molecular flexibility index (Phi) is 5.03. The van der Waals surface area contributed by atoms with Crippen LogP contribution in [0.15, 0.2) is 36.8 Å². The highest BCUT2D eigenvalue weighted by molar-refractivity contribution is 5.94. The summed E-state index contributed by atoms with van der Waals surface area (Å²) < 4.78 is 6.91. The van der Waals surface area contributed by atoms with Crippen molar-refractivity contribution in [1.29, 1.82) is 0 Å². The van der Waals surface area contributed by atoms with Crippen LogP contribution in [-0.2, 0) is 17.9 Å². The summed E-state index contributed by atoms with van der Waals surface area (Å²) in [5.41, 5.74) is 6.11. The van der Waals surface area contributed by atoms with Crippen molar-refractivity contribution in [3.05, 3.63) is 70.3 Å². The van der Waals surface area contributed by atoms with Gasteiger partial charge in [-0.25, -0.2) is 19.4 Å². The monoisotopic (exact) mass is 418 g/mol. The molecule has 0 unspecified atom stereocenters. The molecule has 1 fully saturated rings. The van der Waals surface area contributed by atoms with E-state index in [1.807, 2.05) is 37.6 Å². The number of hydrogen-bond acceptors (Lipinski definition) is 7. The van der Waals surface area contributed by atoms with E-state index in [1.54, 1.807) is 4.68 Å². The number of benzene rings is 1. The van der Waals surface area contributed by atoms with Crippen molar-refractivity contribution < 1.29 is 9.53 Å². The van der Waals surface area contributed by atoms with Crippen molar-refractivity contribution in [1.82, 2.24) is 30.0 Å². The first kappa shape index (κ1) is 19.8. The van der Waals surface area contributed by atoms with Gasteiger partial charge < -0.3 is 10.1 Å². The number of esters is 1. The van der Waals surface area contributed by atoms with Gasteiger partial charge in [-0.05, 0) is 44.0 Å². The number of hydrogen-bond donors (Lipinski definition) is 1. The van der Waals surface area contributed by atoms with Gasteiger partial charge in [0.2, 0.25) is 5.95 Å². The molecule has 0 saturated carbocycles. The van der Waals surface area contributed by atoms with E-state index < -0.39 is 0 Å². The van der Waals surface area contributed by atoms with Gasteiger partial charge in [0.05, 0.1) is 11.3 Å². The topological polar surface area (TPSA) is 85.2 Å². The van der Waals surface area contributed by atoms with E-state index >= 15 is 0 Å². The molecule has 2 aliphatic heterocycles. The van der Waals surface area contributed by atoms with E-state index in [0.29, 0.717) is 24.2 Å². The zero-order chi connectivity index (χ0) is 21.5. The maximum absolute atomic E-state index is 11.9. The van der Waals surface area contributed by atoms with Gasteiger partial charge in [0.15, 0.2) is 0 Å². The lowest BCUT2D eigenvalue weighted by atomic mass is 9.92. The van der Waals surface area contributed by atoms with Gasteiger partial charge in [-0.15, -0.1) is 0 Å². The number of aryl methyl sites for hydroxylation is 1. The Balaban J connectivity index is 1.32. The van der Waals surface area contributed by atoms with Crippen LogP contribution in [-0.4, -0.2) is 49.7 Å². The van der Waals surface area contributed by atoms with E-state index in [-0.39, 0.29) is 12.0 Å². The van der Waals surface area contributed by atoms with Gasteiger partial charge in [-0.2, -0.15) is 5.10 Å². The minimum Gasteiger partial charge on any atom is -0.457 e. The summed E-state index contributed by atoms with van der Waals surface area (Å²) in [5.74, 6) is 0.360. The summed E-state index contributed by atoms with van der Waals surface area (Å²) in [7, 11) is 0. The first-order valence-electron chi connectivity index (χ1n) is 10.6. The average molecular weight is 419 g/mol. The Labute approximate surface area is 181 Å². The standard InChI is InChI=1S/C23H26N6O2/c1-14-6-7-29(27-14)23-24-8-17(9-25-23)11-28-10-15(2)26-21(12-28)18-4-5-19-20(16(18)3)13-31-22(19)30/h4-9,15,21,26H,10-13H2,1-3H3/t15-,21-/m0/s1. The fourth-order valence-electron chi connectivity index (χ4n) is 4.56. The van der Waals surface area contributed by atoms with Gasteiger partial charge in [0.25, 0.3) is 0 Å². The third-order valence-corrected chi connectivity index (χ3v) is 6.07. The first-order chi connectivity index (χ1) is 15.0. The molecule has 0 bridgehead atoms. The molecule has 1 saturated heterocycles. The number of rotatable bonds is 4. The SMILES string of the molecule is Cc1ccn(-c2ncc(CN3C[C@@H](c4ccc5c(c4C)COC5=O)N[C@@H](C)C3)cn2)n1. The van der Waals surface area contributed by atoms with Crippen molar-refractivity contribution in [3.63, 3.8) is 0 Å². The highest BCUT2D eigenvalue weighted by Crippen LogP contribution is 2.31. The van der Waals surface area contributed by atoms with E-state index in [1.165, 1.54) is 5.56 Å². The summed E-state index contributed by atoms with van der Waals surface area (Å²) in [6, 6.07) is 6.44. The van der Waals surface area contributed by atoms with Crippen LogP contribution >= 0.6 is 0 Å². The number of fused-ring (bicyclic) bond motifs is 1. The van der Waals surface area contributed by atoms with Crippen molar-refractivity contribution in [3.8, 4) is 5.95 Å². The number of piperazine rings is 1. The third kappa shape index (κ3) is 3.84. The fourth-order valence-corrected chi connectivity index (χ4v) is 4.56. The number of nitrogens with one attached hydrogen (secondary N) is 1. The summed E-state index contributed by atoms with van der Waals surface area (Å²) in [4.78, 5) is 23.3. The molecule has 0 amide bonds. The van der Waals surface area contributed by atoms with Crippen LogP contribution in [0.4, 0.5) is 0 Å². The molecule has 3 aromatic rings. The highest BCUT2D eigenvalue weighted by atomic mass is 16.5. The lowest BCUT2D eigenvalue weighted by Crippen LogP contribution is -2.50. The van der Waals surface area contributed by atoms with Crippen LogP contribution in [0.3, 0.4) is 0 Å². The predicted molar refractivity (Wildman–Crippen MR) is 115 cm³/mol. The van der Waals surface area contributed by atoms with Crippen LogP contribution in [0.2, 0.25) is 0 Å². The summed E-state index contributed by atoms with van der Waals surface area (Å²) in [5, 5.41) is 8.07. The maximum atomic E-state index is 11.9. The Morgan fingerprint density at radius 2 is 1.97 bits per heavy atom. The molecule has 4 heterocycles. The van der Waals surface area contributed by atoms with E-state index in [9.17, 15) is 4.79 Å². The van der Waals surface area contributed by atoms with Crippen molar-refractivity contribution in [2.75, 3.05) is 13.1 Å². The Bertz CT molecular complexity index is 1120. The summed E-state index contributed by atoms with van der Waals surface area (Å²) >= 11 is 0. The first-order valence-corrected chi connectivity index (χ1v) is 10.6. The zero-order valence-electron chi connectivity index (χ0n) is 18.0. The van der Waals surface area contributed by atoms with Crippen LogP contribution < -0.4 is 5.32 Å². The van der Waals surface area contributed by atoms with Crippen LogP contribution in [0.1, 0.15) is 51.3 Å². The number of ether oxygens (including phenoxy) is 1. The molecule has 1 aromatic carbocycles. The van der Waals surface area contributed by atoms with Crippen molar-refractivity contribution in [2.24, 2.45) is 0 Å². The molecule has 1 N–H and O–H groups in total. The number of aromatic nitrogens is 4. The lowest BCUT2D eigenvalue weighted by Gasteiger charge is -2.38. The second kappa shape index (κ2) is 7.86. The molecule has 160 valence electrons. The van der Waals surface area contributed by atoms with Crippen molar-refractivity contribution >= 4 is 5.97 Å². The number of nitrogens with zero attached hydrogens (tertiary/aromatic N) is 5. The van der Waals surface area contributed by atoms with Gasteiger partial charge in [-0.1, -0.05) is 6.07 Å². The minimum atomic E-state index is -0.218. The molecular formula is C23H26N6O2. The second-order valence-corrected chi connectivity index (χ2v) is 8.49. The Morgan fingerprint density at radius 1 is 1.16 bits per heavy atom. The minimum absolute atomic E-state index is 0.192.